The molecule has 0 spiro atoms. The van der Waals surface area contributed by atoms with E-state index in [1.165, 1.54) is 76.9 Å². The van der Waals surface area contributed by atoms with Gasteiger partial charge >= 0.3 is 0 Å². The highest BCUT2D eigenvalue weighted by Crippen LogP contribution is 2.37. The maximum absolute atomic E-state index is 5.50. The summed E-state index contributed by atoms with van der Waals surface area (Å²) in [4.78, 5) is 10.6. The third-order valence-corrected chi connectivity index (χ3v) is 9.03. The molecule has 0 bridgehead atoms. The monoisotopic (exact) mass is 464 g/mol. The van der Waals surface area contributed by atoms with Crippen LogP contribution in [0.2, 0.25) is 0 Å². The van der Waals surface area contributed by atoms with Gasteiger partial charge < -0.3 is 23.8 Å². The molecule has 6 nitrogen and oxygen atoms in total. The van der Waals surface area contributed by atoms with Gasteiger partial charge in [0.15, 0.2) is 11.5 Å². The molecule has 0 radical (unpaired) electrons. The lowest BCUT2D eigenvalue weighted by atomic mass is 9.79. The van der Waals surface area contributed by atoms with Gasteiger partial charge in [-0.2, -0.15) is 0 Å². The summed E-state index contributed by atoms with van der Waals surface area (Å²) >= 11 is 0. The largest absolute Gasteiger partial charge is 0.493 e. The van der Waals surface area contributed by atoms with Crippen LogP contribution in [-0.2, 0) is 13.0 Å². The zero-order chi connectivity index (χ0) is 23.1. The number of imidazole rings is 1. The van der Waals surface area contributed by atoms with Crippen LogP contribution in [0.15, 0.2) is 24.4 Å². The van der Waals surface area contributed by atoms with Gasteiger partial charge in [0.05, 0.1) is 19.9 Å². The van der Waals surface area contributed by atoms with Gasteiger partial charge in [0.2, 0.25) is 0 Å². The highest BCUT2D eigenvalue weighted by molar-refractivity contribution is 5.63. The molecule has 6 heteroatoms. The zero-order valence-electron chi connectivity index (χ0n) is 20.9. The topological polar surface area (TPSA) is 42.8 Å². The molecule has 0 N–H and O–H groups in total. The summed E-state index contributed by atoms with van der Waals surface area (Å²) in [6.07, 6.45) is 13.1. The van der Waals surface area contributed by atoms with Crippen LogP contribution >= 0.6 is 0 Å². The summed E-state index contributed by atoms with van der Waals surface area (Å²) in [5.74, 6) is 4.41. The van der Waals surface area contributed by atoms with Crippen LogP contribution in [0.4, 0.5) is 0 Å². The molecule has 1 unspecified atom stereocenters. The summed E-state index contributed by atoms with van der Waals surface area (Å²) in [7, 11) is 3.36. The lowest BCUT2D eigenvalue weighted by molar-refractivity contribution is 0.0578. The number of rotatable bonds is 6. The van der Waals surface area contributed by atoms with E-state index >= 15 is 0 Å². The van der Waals surface area contributed by atoms with Crippen molar-refractivity contribution in [3.63, 3.8) is 0 Å². The number of aryl methyl sites for hydroxylation is 1. The molecule has 3 fully saturated rings. The summed E-state index contributed by atoms with van der Waals surface area (Å²) in [6, 6.07) is 7.87. The maximum Gasteiger partial charge on any atom is 0.161 e. The van der Waals surface area contributed by atoms with Crippen molar-refractivity contribution in [1.82, 2.24) is 19.4 Å². The molecular weight excluding hydrogens is 424 g/mol. The Labute approximate surface area is 204 Å². The zero-order valence-corrected chi connectivity index (χ0v) is 20.9. The molecule has 3 aliphatic heterocycles. The van der Waals surface area contributed by atoms with Crippen molar-refractivity contribution in [1.29, 1.82) is 0 Å². The van der Waals surface area contributed by atoms with Gasteiger partial charge in [-0.1, -0.05) is 0 Å². The summed E-state index contributed by atoms with van der Waals surface area (Å²) in [5.41, 5.74) is 2.14. The Morgan fingerprint density at radius 2 is 1.44 bits per heavy atom. The molecule has 1 aromatic carbocycles. The van der Waals surface area contributed by atoms with E-state index in [0.29, 0.717) is 0 Å². The minimum absolute atomic E-state index is 0.758. The van der Waals surface area contributed by atoms with E-state index in [1.54, 1.807) is 14.2 Å². The molecule has 34 heavy (non-hydrogen) atoms. The predicted octanol–water partition coefficient (Wildman–Crippen LogP) is 4.47. The van der Waals surface area contributed by atoms with Crippen molar-refractivity contribution in [2.24, 2.45) is 11.8 Å². The third kappa shape index (κ3) is 4.47. The molecule has 0 amide bonds. The Hall–Kier alpha value is -2.05. The number of ether oxygens (including phenoxy) is 2. The Morgan fingerprint density at radius 1 is 0.765 bits per heavy atom. The Morgan fingerprint density at radius 3 is 2.12 bits per heavy atom. The van der Waals surface area contributed by atoms with Crippen LogP contribution in [0.3, 0.4) is 0 Å². The van der Waals surface area contributed by atoms with E-state index in [2.05, 4.69) is 26.6 Å². The first-order valence-electron chi connectivity index (χ1n) is 13.5. The fourth-order valence-electron chi connectivity index (χ4n) is 6.80. The van der Waals surface area contributed by atoms with Gasteiger partial charge in [-0.15, -0.1) is 0 Å². The molecule has 2 aromatic rings. The van der Waals surface area contributed by atoms with E-state index in [1.807, 2.05) is 12.1 Å². The van der Waals surface area contributed by atoms with Crippen molar-refractivity contribution in [3.05, 3.63) is 30.2 Å². The SMILES string of the molecule is COc1ccc(-c2cn3c(n2)CCC(C2CCN(C4CCN(C5CC5)CC4)CC2)C3)cc1OC. The normalized spacial score (nSPS) is 25.3. The molecule has 184 valence electrons. The Balaban J connectivity index is 1.05. The first kappa shape index (κ1) is 22.4. The van der Waals surface area contributed by atoms with Gasteiger partial charge in [0, 0.05) is 36.8 Å². The van der Waals surface area contributed by atoms with Crippen LogP contribution in [0.5, 0.6) is 11.5 Å². The molecule has 6 rings (SSSR count). The first-order valence-corrected chi connectivity index (χ1v) is 13.5. The Kier molecular flexibility index (Phi) is 6.29. The van der Waals surface area contributed by atoms with Gasteiger partial charge in [-0.05, 0) is 101 Å². The van der Waals surface area contributed by atoms with Crippen LogP contribution in [0.1, 0.15) is 50.8 Å². The van der Waals surface area contributed by atoms with Crippen LogP contribution < -0.4 is 9.47 Å². The number of nitrogens with zero attached hydrogens (tertiary/aromatic N) is 4. The quantitative estimate of drug-likeness (QED) is 0.631. The second-order valence-electron chi connectivity index (χ2n) is 10.9. The summed E-state index contributed by atoms with van der Waals surface area (Å²) in [6.45, 7) is 6.42. The standard InChI is InChI=1S/C28H40N4O2/c1-33-26-7-3-21(17-27(26)34-2)25-19-32-18-22(4-8-28(32)29-25)20-9-13-30(14-10-20)24-11-15-31(16-12-24)23-5-6-23/h3,7,17,19-20,22-24H,4-6,8-16,18H2,1-2H3. The first-order chi connectivity index (χ1) is 16.7. The second-order valence-corrected chi connectivity index (χ2v) is 10.9. The van der Waals surface area contributed by atoms with Crippen molar-refractivity contribution in [2.45, 2.75) is 70.0 Å². The average molecular weight is 465 g/mol. The lowest BCUT2D eigenvalue weighted by Crippen LogP contribution is -2.49. The second kappa shape index (κ2) is 9.54. The lowest BCUT2D eigenvalue weighted by Gasteiger charge is -2.43. The van der Waals surface area contributed by atoms with Gasteiger partial charge in [0.25, 0.3) is 0 Å². The van der Waals surface area contributed by atoms with Gasteiger partial charge in [-0.25, -0.2) is 4.98 Å². The van der Waals surface area contributed by atoms with E-state index in [9.17, 15) is 0 Å². The molecule has 4 aliphatic rings. The summed E-state index contributed by atoms with van der Waals surface area (Å²) in [5, 5.41) is 0. The molecule has 1 saturated carbocycles. The fraction of sp³-hybridized carbons (Fsp3) is 0.679. The minimum Gasteiger partial charge on any atom is -0.493 e. The van der Waals surface area contributed by atoms with Crippen molar-refractivity contribution in [2.75, 3.05) is 40.4 Å². The molecule has 4 heterocycles. The van der Waals surface area contributed by atoms with Crippen LogP contribution in [-0.4, -0.2) is 71.8 Å². The number of piperidine rings is 2. The van der Waals surface area contributed by atoms with E-state index in [4.69, 9.17) is 14.5 Å². The highest BCUT2D eigenvalue weighted by atomic mass is 16.5. The number of hydrogen-bond donors (Lipinski definition) is 0. The summed E-state index contributed by atoms with van der Waals surface area (Å²) < 4.78 is 13.3. The molecule has 1 aromatic heterocycles. The van der Waals surface area contributed by atoms with Gasteiger partial charge in [-0.3, -0.25) is 0 Å². The van der Waals surface area contributed by atoms with Crippen LogP contribution in [0.25, 0.3) is 11.3 Å². The third-order valence-electron chi connectivity index (χ3n) is 9.03. The smallest absolute Gasteiger partial charge is 0.161 e. The minimum atomic E-state index is 0.758. The van der Waals surface area contributed by atoms with Gasteiger partial charge in [0.1, 0.15) is 5.82 Å². The van der Waals surface area contributed by atoms with Crippen molar-refractivity contribution < 1.29 is 9.47 Å². The number of likely N-dealkylation sites (tertiary alicyclic amines) is 2. The number of fused-ring (bicyclic) bond motifs is 1. The van der Waals surface area contributed by atoms with E-state index in [-0.39, 0.29) is 0 Å². The van der Waals surface area contributed by atoms with Crippen LogP contribution in [0, 0.1) is 11.8 Å². The van der Waals surface area contributed by atoms with E-state index in [0.717, 1.165) is 59.6 Å². The number of methoxy groups -OCH3 is 2. The maximum atomic E-state index is 5.50. The molecular formula is C28H40N4O2. The highest BCUT2D eigenvalue weighted by Gasteiger charge is 2.36. The fourth-order valence-corrected chi connectivity index (χ4v) is 6.80. The van der Waals surface area contributed by atoms with Crippen molar-refractivity contribution in [3.8, 4) is 22.8 Å². The number of hydrogen-bond acceptors (Lipinski definition) is 5. The van der Waals surface area contributed by atoms with E-state index < -0.39 is 0 Å². The predicted molar refractivity (Wildman–Crippen MR) is 134 cm³/mol. The number of aromatic nitrogens is 2. The van der Waals surface area contributed by atoms with Crippen molar-refractivity contribution >= 4 is 0 Å². The molecule has 1 aliphatic carbocycles. The average Bonchev–Trinajstić information content (AvgIpc) is 3.66. The Bertz CT molecular complexity index is 984. The molecule has 1 atom stereocenters. The molecule has 2 saturated heterocycles. The number of benzene rings is 1.